The van der Waals surface area contributed by atoms with Gasteiger partial charge in [0.25, 0.3) is 5.92 Å². The van der Waals surface area contributed by atoms with Crippen LogP contribution >= 0.6 is 0 Å². The molecule has 5 nitrogen and oxygen atoms in total. The molecule has 1 aliphatic heterocycles. The zero-order valence-corrected chi connectivity index (χ0v) is 17.5. The molecule has 0 bridgehead atoms. The molecule has 178 valence electrons. The number of nitrogens with zero attached hydrogens (tertiary/aromatic N) is 3. The fourth-order valence-corrected chi connectivity index (χ4v) is 3.61. The maximum Gasteiger partial charge on any atom is 0.419 e. The number of halogens is 6. The number of nitrogens with one attached hydrogen (secondary N) is 1. The second-order valence-electron chi connectivity index (χ2n) is 7.52. The number of alkyl halides is 6. The van der Waals surface area contributed by atoms with Gasteiger partial charge in [-0.2, -0.15) is 13.2 Å². The molecule has 1 saturated heterocycles. The Kier molecular flexibility index (Phi) is 7.19. The predicted octanol–water partition coefficient (Wildman–Crippen LogP) is 5.46. The molecular weight excluding hydrogens is 450 g/mol. The summed E-state index contributed by atoms with van der Waals surface area (Å²) in [6.45, 7) is 2.09. The van der Waals surface area contributed by atoms with E-state index >= 15 is 0 Å². The average molecular weight is 472 g/mol. The minimum atomic E-state index is -4.63. The Morgan fingerprint density at radius 1 is 1.15 bits per heavy atom. The summed E-state index contributed by atoms with van der Waals surface area (Å²) in [5.41, 5.74) is -0.956. The summed E-state index contributed by atoms with van der Waals surface area (Å²) >= 11 is 0. The molecule has 1 unspecified atom stereocenters. The van der Waals surface area contributed by atoms with Gasteiger partial charge in [0.2, 0.25) is 0 Å². The lowest BCUT2D eigenvalue weighted by atomic mass is 10.1. The number of piperazine rings is 1. The van der Waals surface area contributed by atoms with Crippen LogP contribution in [0, 0.1) is 0 Å². The molecule has 0 radical (unpaired) electrons. The Balaban J connectivity index is 1.70. The number of carbonyl (C=O) groups excluding carboxylic acids is 1. The van der Waals surface area contributed by atoms with Crippen molar-refractivity contribution in [3.63, 3.8) is 0 Å². The molecule has 1 atom stereocenters. The molecule has 33 heavy (non-hydrogen) atoms. The van der Waals surface area contributed by atoms with Crippen molar-refractivity contribution in [1.82, 2.24) is 9.88 Å². The third kappa shape index (κ3) is 5.58. The van der Waals surface area contributed by atoms with Gasteiger partial charge in [-0.15, -0.1) is 6.58 Å². The number of pyridine rings is 1. The number of hydrogen-bond donors (Lipinski definition) is 1. The van der Waals surface area contributed by atoms with Gasteiger partial charge in [-0.05, 0) is 24.3 Å². The second kappa shape index (κ2) is 9.72. The van der Waals surface area contributed by atoms with Crippen LogP contribution in [0.25, 0.3) is 0 Å². The lowest BCUT2D eigenvalue weighted by Gasteiger charge is -2.41. The largest absolute Gasteiger partial charge is 0.419 e. The molecule has 1 aromatic heterocycles. The van der Waals surface area contributed by atoms with Gasteiger partial charge in [0, 0.05) is 43.5 Å². The van der Waals surface area contributed by atoms with Crippen LogP contribution in [-0.2, 0) is 12.1 Å². The van der Waals surface area contributed by atoms with Gasteiger partial charge in [0.1, 0.15) is 12.5 Å². The summed E-state index contributed by atoms with van der Waals surface area (Å²) in [4.78, 5) is 18.9. The molecule has 1 N–H and O–H groups in total. The van der Waals surface area contributed by atoms with Crippen LogP contribution in [0.4, 0.5) is 42.6 Å². The number of urea groups is 1. The number of anilines is 2. The number of carbonyl (C=O) groups is 1. The van der Waals surface area contributed by atoms with Crippen molar-refractivity contribution >= 4 is 17.5 Å². The minimum Gasteiger partial charge on any atom is -0.352 e. The summed E-state index contributed by atoms with van der Waals surface area (Å²) in [7, 11) is 0. The van der Waals surface area contributed by atoms with Gasteiger partial charge in [-0.3, -0.25) is 0 Å². The molecule has 2 amide bonds. The molecule has 0 spiro atoms. The van der Waals surface area contributed by atoms with Crippen LogP contribution < -0.4 is 10.2 Å². The molecule has 11 heteroatoms. The fourth-order valence-electron chi connectivity index (χ4n) is 3.61. The standard InChI is InChI=1S/C22H22F6N4O/c1-2-9-21(24,25)15-5-7-16(8-6-15)30-20(33)32-12-11-31(14-17(32)13-23)19-18(22(26,27)28)4-3-10-29-19/h2-8,10,17H,1,9,11-14H2,(H,30,33). The number of hydrogen-bond acceptors (Lipinski definition) is 3. The van der Waals surface area contributed by atoms with E-state index < -0.39 is 42.8 Å². The quantitative estimate of drug-likeness (QED) is 0.449. The molecule has 2 aromatic rings. The highest BCUT2D eigenvalue weighted by Gasteiger charge is 2.38. The first-order chi connectivity index (χ1) is 15.6. The molecular formula is C22H22F6N4O. The predicted molar refractivity (Wildman–Crippen MR) is 112 cm³/mol. The van der Waals surface area contributed by atoms with Crippen LogP contribution in [0.2, 0.25) is 0 Å². The number of allylic oxidation sites excluding steroid dienone is 1. The zero-order chi connectivity index (χ0) is 24.2. The van der Waals surface area contributed by atoms with E-state index in [0.717, 1.165) is 12.1 Å². The van der Waals surface area contributed by atoms with Crippen molar-refractivity contribution in [1.29, 1.82) is 0 Å². The average Bonchev–Trinajstić information content (AvgIpc) is 2.78. The SMILES string of the molecule is C=CCC(F)(F)c1ccc(NC(=O)N2CCN(c3ncccc3C(F)(F)F)CC2CF)cc1. The molecule has 1 aromatic carbocycles. The Bertz CT molecular complexity index is 980. The highest BCUT2D eigenvalue weighted by molar-refractivity contribution is 5.89. The summed E-state index contributed by atoms with van der Waals surface area (Å²) in [6.07, 6.45) is -2.84. The topological polar surface area (TPSA) is 48.5 Å². The Labute approximate surface area is 186 Å². The number of amides is 2. The van der Waals surface area contributed by atoms with Gasteiger partial charge in [0.05, 0.1) is 11.6 Å². The van der Waals surface area contributed by atoms with E-state index in [4.69, 9.17) is 0 Å². The van der Waals surface area contributed by atoms with E-state index in [9.17, 15) is 31.1 Å². The lowest BCUT2D eigenvalue weighted by molar-refractivity contribution is -0.137. The Hall–Kier alpha value is -3.24. The number of aromatic nitrogens is 1. The first kappa shape index (κ1) is 24.4. The normalized spacial score (nSPS) is 17.1. The fraction of sp³-hybridized carbons (Fsp3) is 0.364. The first-order valence-corrected chi connectivity index (χ1v) is 10.1. The number of rotatable bonds is 6. The summed E-state index contributed by atoms with van der Waals surface area (Å²) < 4.78 is 81.5. The van der Waals surface area contributed by atoms with Gasteiger partial charge in [-0.25, -0.2) is 22.9 Å². The van der Waals surface area contributed by atoms with E-state index in [-0.39, 0.29) is 36.7 Å². The van der Waals surface area contributed by atoms with Gasteiger partial charge >= 0.3 is 12.2 Å². The smallest absolute Gasteiger partial charge is 0.352 e. The van der Waals surface area contributed by atoms with E-state index in [1.165, 1.54) is 46.3 Å². The first-order valence-electron chi connectivity index (χ1n) is 10.1. The molecule has 2 heterocycles. The third-order valence-electron chi connectivity index (χ3n) is 5.27. The molecule has 3 rings (SSSR count). The minimum absolute atomic E-state index is 0.0106. The van der Waals surface area contributed by atoms with Crippen LogP contribution in [0.1, 0.15) is 17.5 Å². The van der Waals surface area contributed by atoms with E-state index in [1.54, 1.807) is 0 Å². The van der Waals surface area contributed by atoms with Crippen molar-refractivity contribution in [2.24, 2.45) is 0 Å². The molecule has 1 fully saturated rings. The van der Waals surface area contributed by atoms with E-state index in [0.29, 0.717) is 0 Å². The summed E-state index contributed by atoms with van der Waals surface area (Å²) in [5, 5.41) is 2.52. The van der Waals surface area contributed by atoms with Crippen molar-refractivity contribution < 1.29 is 31.1 Å². The summed E-state index contributed by atoms with van der Waals surface area (Å²) in [6, 6.07) is 5.31. The van der Waals surface area contributed by atoms with Gasteiger partial charge < -0.3 is 15.1 Å². The van der Waals surface area contributed by atoms with Crippen LogP contribution in [0.5, 0.6) is 0 Å². The van der Waals surface area contributed by atoms with Crippen molar-refractivity contribution in [2.75, 3.05) is 36.5 Å². The van der Waals surface area contributed by atoms with Crippen molar-refractivity contribution in [3.05, 3.63) is 66.4 Å². The van der Waals surface area contributed by atoms with E-state index in [1.807, 2.05) is 0 Å². The van der Waals surface area contributed by atoms with Gasteiger partial charge in [-0.1, -0.05) is 18.2 Å². The number of benzene rings is 1. The lowest BCUT2D eigenvalue weighted by Crippen LogP contribution is -2.57. The molecule has 1 aliphatic rings. The molecule has 0 saturated carbocycles. The second-order valence-corrected chi connectivity index (χ2v) is 7.52. The maximum atomic E-state index is 13.9. The highest BCUT2D eigenvalue weighted by Crippen LogP contribution is 2.36. The van der Waals surface area contributed by atoms with Crippen molar-refractivity contribution in [3.8, 4) is 0 Å². The Morgan fingerprint density at radius 3 is 2.45 bits per heavy atom. The third-order valence-corrected chi connectivity index (χ3v) is 5.27. The molecule has 0 aliphatic carbocycles. The van der Waals surface area contributed by atoms with E-state index in [2.05, 4.69) is 16.9 Å². The van der Waals surface area contributed by atoms with Gasteiger partial charge in [0.15, 0.2) is 0 Å². The highest BCUT2D eigenvalue weighted by atomic mass is 19.4. The summed E-state index contributed by atoms with van der Waals surface area (Å²) in [5.74, 6) is -3.42. The Morgan fingerprint density at radius 2 is 1.85 bits per heavy atom. The van der Waals surface area contributed by atoms with Crippen LogP contribution in [0.15, 0.2) is 55.3 Å². The maximum absolute atomic E-state index is 13.9. The van der Waals surface area contributed by atoms with Crippen LogP contribution in [0.3, 0.4) is 0 Å². The monoisotopic (exact) mass is 472 g/mol. The van der Waals surface area contributed by atoms with Crippen molar-refractivity contribution in [2.45, 2.75) is 24.6 Å². The van der Waals surface area contributed by atoms with Crippen LogP contribution in [-0.4, -0.2) is 48.3 Å². The zero-order valence-electron chi connectivity index (χ0n) is 17.5.